The smallest absolute Gasteiger partial charge is 0.274 e. The predicted octanol–water partition coefficient (Wildman–Crippen LogP) is 5.88. The van der Waals surface area contributed by atoms with E-state index in [-0.39, 0.29) is 23.6 Å². The van der Waals surface area contributed by atoms with E-state index in [2.05, 4.69) is 15.2 Å². The van der Waals surface area contributed by atoms with Crippen LogP contribution >= 0.6 is 11.8 Å². The Morgan fingerprint density at radius 3 is 2.76 bits per heavy atom. The van der Waals surface area contributed by atoms with Gasteiger partial charge in [-0.25, -0.2) is 0 Å². The number of carbonyl (C=O) groups excluding carboxylic acids is 1. The molecule has 0 saturated carbocycles. The summed E-state index contributed by atoms with van der Waals surface area (Å²) < 4.78 is 1.78. The Morgan fingerprint density at radius 2 is 1.93 bits per heavy atom. The van der Waals surface area contributed by atoms with Crippen molar-refractivity contribution < 1.29 is 9.90 Å². The molecule has 0 aliphatic carbocycles. The van der Waals surface area contributed by atoms with Gasteiger partial charge in [-0.15, -0.1) is 22.0 Å². The van der Waals surface area contributed by atoms with Gasteiger partial charge in [0.15, 0.2) is 5.69 Å². The maximum absolute atomic E-state index is 12.3. The maximum atomic E-state index is 12.3. The van der Waals surface area contributed by atoms with Gasteiger partial charge < -0.3 is 9.67 Å². The molecule has 1 amide bonds. The normalized spacial score (nSPS) is 11.8. The number of aromatic nitrogens is 2. The van der Waals surface area contributed by atoms with Crippen LogP contribution in [0.2, 0.25) is 0 Å². The molecule has 1 N–H and O–H groups in total. The van der Waals surface area contributed by atoms with Gasteiger partial charge in [-0.05, 0) is 32.0 Å². The summed E-state index contributed by atoms with van der Waals surface area (Å²) in [7, 11) is 0. The van der Waals surface area contributed by atoms with E-state index >= 15 is 0 Å². The molecule has 2 aromatic carbocycles. The summed E-state index contributed by atoms with van der Waals surface area (Å²) in [5.74, 6) is -0.213. The molecule has 0 aliphatic rings. The lowest BCUT2D eigenvalue weighted by Crippen LogP contribution is -1.98. The number of aromatic hydroxyl groups is 1. The number of rotatable bonds is 5. The molecule has 7 heteroatoms. The summed E-state index contributed by atoms with van der Waals surface area (Å²) in [4.78, 5) is 17.6. The number of pyridine rings is 1. The van der Waals surface area contributed by atoms with Crippen LogP contribution < -0.4 is 0 Å². The number of azo groups is 1. The van der Waals surface area contributed by atoms with Crippen molar-refractivity contribution in [3.63, 3.8) is 0 Å². The second kappa shape index (κ2) is 8.05. The largest absolute Gasteiger partial charge is 0.493 e. The van der Waals surface area contributed by atoms with Crippen molar-refractivity contribution in [3.8, 4) is 5.88 Å². The average Bonchev–Trinajstić information content (AvgIpc) is 3.02. The molecule has 29 heavy (non-hydrogen) atoms. The van der Waals surface area contributed by atoms with Gasteiger partial charge in [-0.2, -0.15) is 0 Å². The molecule has 0 spiro atoms. The van der Waals surface area contributed by atoms with E-state index in [9.17, 15) is 9.90 Å². The lowest BCUT2D eigenvalue weighted by molar-refractivity contribution is -0.115. The minimum Gasteiger partial charge on any atom is -0.493 e. The van der Waals surface area contributed by atoms with Gasteiger partial charge >= 0.3 is 0 Å². The number of nitrogens with zero attached hydrogens (tertiary/aromatic N) is 4. The van der Waals surface area contributed by atoms with E-state index in [1.54, 1.807) is 10.8 Å². The number of fused-ring (bicyclic) bond motifs is 2. The van der Waals surface area contributed by atoms with Crippen molar-refractivity contribution in [2.24, 2.45) is 10.2 Å². The third-order valence-corrected chi connectivity index (χ3v) is 5.62. The topological polar surface area (TPSA) is 79.8 Å². The molecule has 0 aliphatic heterocycles. The lowest BCUT2D eigenvalue weighted by atomic mass is 10.2. The van der Waals surface area contributed by atoms with E-state index in [0.717, 1.165) is 26.7 Å². The predicted molar refractivity (Wildman–Crippen MR) is 116 cm³/mol. The highest BCUT2D eigenvalue weighted by Crippen LogP contribution is 2.40. The molecule has 0 saturated heterocycles. The Balaban J connectivity index is 1.55. The Bertz CT molecular complexity index is 1220. The van der Waals surface area contributed by atoms with Crippen LogP contribution in [-0.4, -0.2) is 26.3 Å². The molecule has 4 rings (SSSR count). The maximum Gasteiger partial charge on any atom is 0.274 e. The van der Waals surface area contributed by atoms with Crippen LogP contribution in [0.5, 0.6) is 5.88 Å². The van der Waals surface area contributed by atoms with E-state index in [0.29, 0.717) is 5.69 Å². The molecule has 0 bridgehead atoms. The minimum absolute atomic E-state index is 0.0173. The molecule has 0 unspecified atom stereocenters. The lowest BCUT2D eigenvalue weighted by Gasteiger charge is -2.10. The summed E-state index contributed by atoms with van der Waals surface area (Å²) in [5.41, 5.74) is 2.04. The van der Waals surface area contributed by atoms with Crippen molar-refractivity contribution in [3.05, 3.63) is 60.8 Å². The van der Waals surface area contributed by atoms with Crippen molar-refractivity contribution in [2.75, 3.05) is 5.75 Å². The van der Waals surface area contributed by atoms with E-state index in [1.165, 1.54) is 11.8 Å². The molecular weight excluding hydrogens is 384 g/mol. The van der Waals surface area contributed by atoms with Crippen LogP contribution in [0, 0.1) is 0 Å². The number of amides is 1. The Labute approximate surface area is 172 Å². The van der Waals surface area contributed by atoms with Crippen LogP contribution in [0.4, 0.5) is 5.69 Å². The monoisotopic (exact) mass is 404 g/mol. The number of thioether (sulfide) groups is 1. The highest BCUT2D eigenvalue weighted by molar-refractivity contribution is 8.00. The molecule has 2 heterocycles. The van der Waals surface area contributed by atoms with Crippen LogP contribution in [0.1, 0.15) is 19.9 Å². The van der Waals surface area contributed by atoms with Gasteiger partial charge in [0.2, 0.25) is 5.88 Å². The molecule has 146 valence electrons. The Morgan fingerprint density at radius 1 is 1.14 bits per heavy atom. The molecule has 4 aromatic rings. The van der Waals surface area contributed by atoms with Gasteiger partial charge in [0.05, 0.1) is 16.8 Å². The standard InChI is InChI=1S/C22H20N4O2S/c1-14(2)26-17-10-4-3-9-16(17)21(22(26)28)25-24-19(27)13-29-18-11-5-7-15-8-6-12-23-20(15)18/h3-12,14,28H,13H2,1-2H3. The number of benzene rings is 2. The van der Waals surface area contributed by atoms with Gasteiger partial charge in [0, 0.05) is 27.9 Å². The van der Waals surface area contributed by atoms with Crippen molar-refractivity contribution in [1.82, 2.24) is 9.55 Å². The number of para-hydroxylation sites is 2. The van der Waals surface area contributed by atoms with E-state index in [4.69, 9.17) is 0 Å². The number of hydrogen-bond donors (Lipinski definition) is 1. The fourth-order valence-corrected chi connectivity index (χ4v) is 4.14. The molecular formula is C22H20N4O2S. The fraction of sp³-hybridized carbons (Fsp3) is 0.182. The Kier molecular flexibility index (Phi) is 5.31. The van der Waals surface area contributed by atoms with Crippen molar-refractivity contribution in [2.45, 2.75) is 24.8 Å². The first-order valence-electron chi connectivity index (χ1n) is 9.29. The zero-order valence-electron chi connectivity index (χ0n) is 16.1. The highest BCUT2D eigenvalue weighted by atomic mass is 32.2. The number of carbonyl (C=O) groups is 1. The first-order valence-corrected chi connectivity index (χ1v) is 10.3. The second-order valence-corrected chi connectivity index (χ2v) is 7.88. The van der Waals surface area contributed by atoms with Gasteiger partial charge in [-0.3, -0.25) is 9.78 Å². The van der Waals surface area contributed by atoms with Crippen LogP contribution in [0.3, 0.4) is 0 Å². The minimum atomic E-state index is -0.372. The van der Waals surface area contributed by atoms with Crippen LogP contribution in [-0.2, 0) is 4.79 Å². The van der Waals surface area contributed by atoms with E-state index < -0.39 is 0 Å². The summed E-state index contributed by atoms with van der Waals surface area (Å²) in [6.07, 6.45) is 1.74. The Hall–Kier alpha value is -3.19. The third kappa shape index (κ3) is 3.73. The van der Waals surface area contributed by atoms with Crippen molar-refractivity contribution in [1.29, 1.82) is 0 Å². The average molecular weight is 404 g/mol. The van der Waals surface area contributed by atoms with Gasteiger partial charge in [0.25, 0.3) is 5.91 Å². The summed E-state index contributed by atoms with van der Waals surface area (Å²) in [6, 6.07) is 17.3. The van der Waals surface area contributed by atoms with Gasteiger partial charge in [-0.1, -0.05) is 36.4 Å². The molecule has 6 nitrogen and oxygen atoms in total. The second-order valence-electron chi connectivity index (χ2n) is 6.87. The van der Waals surface area contributed by atoms with E-state index in [1.807, 2.05) is 68.4 Å². The first kappa shape index (κ1) is 19.1. The van der Waals surface area contributed by atoms with Crippen LogP contribution in [0.15, 0.2) is 75.9 Å². The molecule has 2 aromatic heterocycles. The SMILES string of the molecule is CC(C)n1c(O)c(N=NC(=O)CSc2cccc3cccnc23)c2ccccc21. The summed E-state index contributed by atoms with van der Waals surface area (Å²) in [6.45, 7) is 3.96. The highest BCUT2D eigenvalue weighted by Gasteiger charge is 2.18. The summed E-state index contributed by atoms with van der Waals surface area (Å²) >= 11 is 1.38. The molecule has 0 radical (unpaired) electrons. The quantitative estimate of drug-likeness (QED) is 0.333. The fourth-order valence-electron chi connectivity index (χ4n) is 3.32. The van der Waals surface area contributed by atoms with Crippen LogP contribution in [0.25, 0.3) is 21.8 Å². The van der Waals surface area contributed by atoms with Crippen molar-refractivity contribution >= 4 is 45.2 Å². The zero-order chi connectivity index (χ0) is 20.4. The zero-order valence-corrected chi connectivity index (χ0v) is 16.9. The first-order chi connectivity index (χ1) is 14.1. The number of hydrogen-bond acceptors (Lipinski definition) is 5. The third-order valence-electron chi connectivity index (χ3n) is 4.58. The molecule has 0 atom stereocenters. The summed E-state index contributed by atoms with van der Waals surface area (Å²) in [5, 5.41) is 20.3. The molecule has 0 fully saturated rings. The van der Waals surface area contributed by atoms with Gasteiger partial charge in [0.1, 0.15) is 0 Å².